The van der Waals surface area contributed by atoms with Crippen LogP contribution in [0, 0.1) is 5.92 Å². The second-order valence-corrected chi connectivity index (χ2v) is 6.86. The molecule has 0 saturated carbocycles. The Balaban J connectivity index is 1.56. The monoisotopic (exact) mass is 367 g/mol. The summed E-state index contributed by atoms with van der Waals surface area (Å²) in [6.45, 7) is 8.91. The van der Waals surface area contributed by atoms with Gasteiger partial charge < -0.3 is 20.1 Å². The quantitative estimate of drug-likeness (QED) is 0.598. The Morgan fingerprint density at radius 3 is 2.70 bits per heavy atom. The van der Waals surface area contributed by atoms with Gasteiger partial charge in [-0.1, -0.05) is 12.7 Å². The van der Waals surface area contributed by atoms with E-state index in [1.54, 1.807) is 6.08 Å². The van der Waals surface area contributed by atoms with Gasteiger partial charge in [-0.2, -0.15) is 0 Å². The zero-order chi connectivity index (χ0) is 18.7. The summed E-state index contributed by atoms with van der Waals surface area (Å²) in [5.41, 5.74) is 2.39. The van der Waals surface area contributed by atoms with Crippen molar-refractivity contribution in [3.8, 4) is 11.5 Å². The highest BCUT2D eigenvalue weighted by molar-refractivity contribution is 5.38. The fourth-order valence-corrected chi connectivity index (χ4v) is 3.20. The predicted octanol–water partition coefficient (Wildman–Crippen LogP) is 2.97. The third-order valence-electron chi connectivity index (χ3n) is 4.64. The molecule has 1 aromatic carbocycles. The fraction of sp³-hybridized carbons (Fsp3) is 0.409. The van der Waals surface area contributed by atoms with Gasteiger partial charge in [0.1, 0.15) is 18.1 Å². The van der Waals surface area contributed by atoms with Crippen LogP contribution in [0.1, 0.15) is 17.5 Å². The van der Waals surface area contributed by atoms with Gasteiger partial charge in [-0.15, -0.1) is 0 Å². The summed E-state index contributed by atoms with van der Waals surface area (Å²) in [5, 5.41) is 6.96. The van der Waals surface area contributed by atoms with Crippen molar-refractivity contribution in [3.63, 3.8) is 0 Å². The average molecular weight is 367 g/mol. The number of nitrogens with one attached hydrogen (secondary N) is 2. The Kier molecular flexibility index (Phi) is 7.69. The molecule has 1 aromatic heterocycles. The van der Waals surface area contributed by atoms with Crippen molar-refractivity contribution in [3.05, 3.63) is 66.5 Å². The van der Waals surface area contributed by atoms with Crippen molar-refractivity contribution in [1.29, 1.82) is 0 Å². The van der Waals surface area contributed by atoms with Crippen molar-refractivity contribution >= 4 is 0 Å². The summed E-state index contributed by atoms with van der Waals surface area (Å²) in [6, 6.07) is 10.1. The number of ether oxygens (including phenoxy) is 2. The molecule has 0 aliphatic carbocycles. The van der Waals surface area contributed by atoms with Crippen LogP contribution < -0.4 is 20.1 Å². The normalized spacial score (nSPS) is 16.2. The van der Waals surface area contributed by atoms with Crippen molar-refractivity contribution in [2.75, 3.05) is 32.8 Å². The van der Waals surface area contributed by atoms with Gasteiger partial charge >= 0.3 is 0 Å². The second kappa shape index (κ2) is 10.7. The van der Waals surface area contributed by atoms with Gasteiger partial charge in [0.25, 0.3) is 0 Å². The molecule has 1 aliphatic rings. The lowest BCUT2D eigenvalue weighted by atomic mass is 10.1. The fourth-order valence-electron chi connectivity index (χ4n) is 3.20. The summed E-state index contributed by atoms with van der Waals surface area (Å²) < 4.78 is 11.7. The van der Waals surface area contributed by atoms with E-state index < -0.39 is 0 Å². The van der Waals surface area contributed by atoms with E-state index in [1.807, 2.05) is 30.6 Å². The van der Waals surface area contributed by atoms with Gasteiger partial charge in [0.15, 0.2) is 0 Å². The summed E-state index contributed by atoms with van der Waals surface area (Å²) in [6.07, 6.45) is 7.47. The molecule has 0 spiro atoms. The number of benzene rings is 1. The maximum absolute atomic E-state index is 5.99. The molecule has 2 heterocycles. The van der Waals surface area contributed by atoms with Crippen LogP contribution in [0.25, 0.3) is 0 Å². The average Bonchev–Trinajstić information content (AvgIpc) is 3.21. The van der Waals surface area contributed by atoms with Crippen LogP contribution in [0.2, 0.25) is 0 Å². The first-order valence-corrected chi connectivity index (χ1v) is 9.64. The molecule has 0 radical (unpaired) electrons. The molecule has 1 aliphatic heterocycles. The molecule has 0 amide bonds. The zero-order valence-electron chi connectivity index (χ0n) is 15.8. The Hall–Kier alpha value is -2.37. The van der Waals surface area contributed by atoms with Gasteiger partial charge in [0, 0.05) is 31.4 Å². The summed E-state index contributed by atoms with van der Waals surface area (Å²) in [7, 11) is 0. The van der Waals surface area contributed by atoms with Crippen LogP contribution in [0.3, 0.4) is 0 Å². The van der Waals surface area contributed by atoms with Crippen molar-refractivity contribution < 1.29 is 9.47 Å². The van der Waals surface area contributed by atoms with Crippen molar-refractivity contribution in [2.45, 2.75) is 19.4 Å². The van der Waals surface area contributed by atoms with E-state index in [9.17, 15) is 0 Å². The molecule has 2 aromatic rings. The summed E-state index contributed by atoms with van der Waals surface area (Å²) in [4.78, 5) is 4.04. The number of rotatable bonds is 11. The maximum Gasteiger partial charge on any atom is 0.123 e. The van der Waals surface area contributed by atoms with Gasteiger partial charge in [0.2, 0.25) is 0 Å². The number of aromatic nitrogens is 1. The van der Waals surface area contributed by atoms with Crippen LogP contribution in [-0.4, -0.2) is 37.8 Å². The van der Waals surface area contributed by atoms with E-state index in [0.29, 0.717) is 13.2 Å². The minimum absolute atomic E-state index is 0.487. The lowest BCUT2D eigenvalue weighted by Crippen LogP contribution is -2.24. The van der Waals surface area contributed by atoms with E-state index in [0.717, 1.165) is 50.0 Å². The molecule has 3 rings (SSSR count). The van der Waals surface area contributed by atoms with Crippen LogP contribution >= 0.6 is 0 Å². The predicted molar refractivity (Wildman–Crippen MR) is 108 cm³/mol. The highest BCUT2D eigenvalue weighted by Crippen LogP contribution is 2.23. The molecule has 1 saturated heterocycles. The number of nitrogens with zero attached hydrogens (tertiary/aromatic N) is 1. The summed E-state index contributed by atoms with van der Waals surface area (Å²) in [5.74, 6) is 2.38. The number of pyridine rings is 1. The van der Waals surface area contributed by atoms with E-state index in [4.69, 9.17) is 9.47 Å². The Morgan fingerprint density at radius 1 is 1.15 bits per heavy atom. The van der Waals surface area contributed by atoms with Crippen LogP contribution in [0.4, 0.5) is 0 Å². The first kappa shape index (κ1) is 19.4. The smallest absolute Gasteiger partial charge is 0.123 e. The lowest BCUT2D eigenvalue weighted by Gasteiger charge is -2.14. The Morgan fingerprint density at radius 2 is 1.96 bits per heavy atom. The first-order chi connectivity index (χ1) is 13.3. The molecule has 1 atom stereocenters. The molecule has 0 bridgehead atoms. The van der Waals surface area contributed by atoms with Crippen LogP contribution in [0.5, 0.6) is 11.5 Å². The van der Waals surface area contributed by atoms with E-state index in [2.05, 4.69) is 34.3 Å². The topological polar surface area (TPSA) is 55.4 Å². The highest BCUT2D eigenvalue weighted by atomic mass is 16.5. The van der Waals surface area contributed by atoms with E-state index in [1.165, 1.54) is 17.5 Å². The van der Waals surface area contributed by atoms with Gasteiger partial charge in [-0.25, -0.2) is 0 Å². The first-order valence-electron chi connectivity index (χ1n) is 9.64. The molecular formula is C22H29N3O2. The van der Waals surface area contributed by atoms with E-state index >= 15 is 0 Å². The van der Waals surface area contributed by atoms with Crippen molar-refractivity contribution in [2.24, 2.45) is 5.92 Å². The lowest BCUT2D eigenvalue weighted by molar-refractivity contribution is 0.315. The molecule has 27 heavy (non-hydrogen) atoms. The molecular weight excluding hydrogens is 338 g/mol. The number of hydrogen-bond donors (Lipinski definition) is 2. The van der Waals surface area contributed by atoms with Crippen LogP contribution in [-0.2, 0) is 13.0 Å². The minimum atomic E-state index is 0.487. The minimum Gasteiger partial charge on any atom is -0.493 e. The molecule has 2 N–H and O–H groups in total. The SMILES string of the molecule is C=CCOc1cc(CNCC2CCNC2)cc(OCCc2ccncc2)c1. The molecule has 1 fully saturated rings. The standard InChI is InChI=1S/C22H29N3O2/c1-2-10-26-21-12-20(17-25-16-19-5-9-24-15-19)13-22(14-21)27-11-6-18-3-7-23-8-4-18/h2-4,7-8,12-14,19,24-25H,1,5-6,9-11,15-17H2. The third-order valence-corrected chi connectivity index (χ3v) is 4.64. The number of hydrogen-bond acceptors (Lipinski definition) is 5. The van der Waals surface area contributed by atoms with Crippen molar-refractivity contribution in [1.82, 2.24) is 15.6 Å². The van der Waals surface area contributed by atoms with Crippen LogP contribution in [0.15, 0.2) is 55.4 Å². The Labute approximate surface area is 161 Å². The highest BCUT2D eigenvalue weighted by Gasteiger charge is 2.13. The molecule has 5 nitrogen and oxygen atoms in total. The zero-order valence-corrected chi connectivity index (χ0v) is 15.8. The maximum atomic E-state index is 5.99. The second-order valence-electron chi connectivity index (χ2n) is 6.86. The van der Waals surface area contributed by atoms with Gasteiger partial charge in [-0.3, -0.25) is 4.98 Å². The summed E-state index contributed by atoms with van der Waals surface area (Å²) >= 11 is 0. The molecule has 144 valence electrons. The van der Waals surface area contributed by atoms with E-state index in [-0.39, 0.29) is 0 Å². The van der Waals surface area contributed by atoms with Gasteiger partial charge in [-0.05, 0) is 67.4 Å². The molecule has 5 heteroatoms. The third kappa shape index (κ3) is 6.70. The largest absolute Gasteiger partial charge is 0.493 e. The Bertz CT molecular complexity index is 700. The molecule has 1 unspecified atom stereocenters. The van der Waals surface area contributed by atoms with Gasteiger partial charge in [0.05, 0.1) is 6.61 Å².